The first kappa shape index (κ1) is 12.6. The van der Waals surface area contributed by atoms with Gasteiger partial charge in [-0.25, -0.2) is 0 Å². The number of ether oxygens (including phenoxy) is 1. The summed E-state index contributed by atoms with van der Waals surface area (Å²) in [7, 11) is 2.38. The van der Waals surface area contributed by atoms with E-state index in [0.717, 1.165) is 37.0 Å². The summed E-state index contributed by atoms with van der Waals surface area (Å²) in [4.78, 5) is 2.70. The summed E-state index contributed by atoms with van der Waals surface area (Å²) >= 11 is 0. The highest BCUT2D eigenvalue weighted by atomic mass is 16.5. The smallest absolute Gasteiger partial charge is 0.0480 e. The fourth-order valence-corrected chi connectivity index (χ4v) is 6.27. The summed E-state index contributed by atoms with van der Waals surface area (Å²) < 4.78 is 5.52. The molecule has 0 N–H and O–H groups in total. The molecule has 5 fully saturated rings. The van der Waals surface area contributed by atoms with E-state index in [9.17, 15) is 0 Å². The lowest BCUT2D eigenvalue weighted by molar-refractivity contribution is -0.0764. The van der Waals surface area contributed by atoms with Gasteiger partial charge in [0, 0.05) is 25.8 Å². The molecule has 0 aromatic rings. The Labute approximate surface area is 117 Å². The van der Waals surface area contributed by atoms with Crippen LogP contribution in [0.5, 0.6) is 0 Å². The predicted molar refractivity (Wildman–Crippen MR) is 77.1 cm³/mol. The highest BCUT2D eigenvalue weighted by molar-refractivity contribution is 5.02. The van der Waals surface area contributed by atoms with Crippen molar-refractivity contribution in [3.8, 4) is 0 Å². The Morgan fingerprint density at radius 3 is 2.00 bits per heavy atom. The van der Waals surface area contributed by atoms with Crippen LogP contribution in [0.1, 0.15) is 51.4 Å². The van der Waals surface area contributed by atoms with Crippen LogP contribution >= 0.6 is 0 Å². The normalized spacial score (nSPS) is 46.1. The van der Waals surface area contributed by atoms with Crippen LogP contribution in [-0.4, -0.2) is 37.7 Å². The molecule has 2 nitrogen and oxygen atoms in total. The molecule has 1 aliphatic heterocycles. The van der Waals surface area contributed by atoms with Crippen LogP contribution in [0.2, 0.25) is 0 Å². The molecule has 5 rings (SSSR count). The molecule has 1 saturated heterocycles. The van der Waals surface area contributed by atoms with Crippen molar-refractivity contribution in [2.75, 3.05) is 26.8 Å². The first-order valence-electron chi connectivity index (χ1n) is 8.50. The third-order valence-corrected chi connectivity index (χ3v) is 6.56. The molecule has 108 valence electrons. The van der Waals surface area contributed by atoms with E-state index >= 15 is 0 Å². The first-order valence-corrected chi connectivity index (χ1v) is 8.50. The molecular weight excluding hydrogens is 234 g/mol. The second kappa shape index (κ2) is 4.73. The maximum Gasteiger partial charge on any atom is 0.0480 e. The highest BCUT2D eigenvalue weighted by Gasteiger charge is 2.51. The maximum atomic E-state index is 5.52. The zero-order chi connectivity index (χ0) is 12.9. The van der Waals surface area contributed by atoms with E-state index < -0.39 is 0 Å². The van der Waals surface area contributed by atoms with Gasteiger partial charge in [-0.15, -0.1) is 0 Å². The van der Waals surface area contributed by atoms with E-state index in [2.05, 4.69) is 11.9 Å². The van der Waals surface area contributed by atoms with E-state index in [1.165, 1.54) is 19.4 Å². The average Bonchev–Trinajstić information content (AvgIpc) is 2.37. The Hall–Kier alpha value is -0.0800. The summed E-state index contributed by atoms with van der Waals surface area (Å²) in [6.45, 7) is 3.34. The van der Waals surface area contributed by atoms with Gasteiger partial charge in [-0.2, -0.15) is 0 Å². The monoisotopic (exact) mass is 263 g/mol. The van der Waals surface area contributed by atoms with Gasteiger partial charge >= 0.3 is 0 Å². The van der Waals surface area contributed by atoms with Crippen molar-refractivity contribution >= 4 is 0 Å². The molecule has 0 spiro atoms. The molecule has 4 bridgehead atoms. The minimum Gasteiger partial charge on any atom is -0.381 e. The number of rotatable bonds is 3. The summed E-state index contributed by atoms with van der Waals surface area (Å²) in [5.74, 6) is 3.28. The lowest BCUT2D eigenvalue weighted by Crippen LogP contribution is -2.52. The van der Waals surface area contributed by atoms with Gasteiger partial charge in [0.2, 0.25) is 0 Å². The molecule has 1 heterocycles. The zero-order valence-corrected chi connectivity index (χ0v) is 12.4. The molecule has 4 aliphatic carbocycles. The van der Waals surface area contributed by atoms with E-state index in [-0.39, 0.29) is 0 Å². The molecule has 19 heavy (non-hydrogen) atoms. The maximum absolute atomic E-state index is 5.52. The average molecular weight is 263 g/mol. The minimum absolute atomic E-state index is 0.710. The van der Waals surface area contributed by atoms with Crippen molar-refractivity contribution in [3.63, 3.8) is 0 Å². The molecule has 5 aliphatic rings. The van der Waals surface area contributed by atoms with E-state index in [1.807, 2.05) is 0 Å². The Morgan fingerprint density at radius 1 is 0.947 bits per heavy atom. The fourth-order valence-electron chi connectivity index (χ4n) is 6.27. The fraction of sp³-hybridized carbons (Fsp3) is 1.00. The van der Waals surface area contributed by atoms with Crippen molar-refractivity contribution in [2.24, 2.45) is 23.2 Å². The van der Waals surface area contributed by atoms with E-state index in [1.54, 1.807) is 38.5 Å². The summed E-state index contributed by atoms with van der Waals surface area (Å²) in [6.07, 6.45) is 11.9. The number of nitrogens with zero attached hydrogens (tertiary/aromatic N) is 1. The van der Waals surface area contributed by atoms with Gasteiger partial charge in [-0.3, -0.25) is 0 Å². The molecule has 0 radical (unpaired) electrons. The van der Waals surface area contributed by atoms with Crippen LogP contribution in [0.3, 0.4) is 0 Å². The van der Waals surface area contributed by atoms with Crippen molar-refractivity contribution < 1.29 is 4.74 Å². The topological polar surface area (TPSA) is 12.5 Å². The second-order valence-corrected chi connectivity index (χ2v) is 8.18. The molecule has 0 atom stereocenters. The van der Waals surface area contributed by atoms with Crippen LogP contribution in [0.15, 0.2) is 0 Å². The molecule has 2 heteroatoms. The van der Waals surface area contributed by atoms with Crippen molar-refractivity contribution in [3.05, 3.63) is 0 Å². The lowest BCUT2D eigenvalue weighted by Gasteiger charge is -2.58. The van der Waals surface area contributed by atoms with Crippen molar-refractivity contribution in [1.29, 1.82) is 0 Å². The molecular formula is C17H29NO. The van der Waals surface area contributed by atoms with Crippen molar-refractivity contribution in [1.82, 2.24) is 4.90 Å². The van der Waals surface area contributed by atoms with Gasteiger partial charge in [0.1, 0.15) is 0 Å². The molecule has 0 amide bonds. The van der Waals surface area contributed by atoms with Gasteiger partial charge in [0.25, 0.3) is 0 Å². The largest absolute Gasteiger partial charge is 0.381 e. The summed E-state index contributed by atoms with van der Waals surface area (Å²) in [5.41, 5.74) is 0.710. The third-order valence-electron chi connectivity index (χ3n) is 6.56. The lowest BCUT2D eigenvalue weighted by atomic mass is 9.49. The van der Waals surface area contributed by atoms with Crippen LogP contribution in [0.4, 0.5) is 0 Å². The predicted octanol–water partition coefficient (Wildman–Crippen LogP) is 3.31. The van der Waals surface area contributed by atoms with Crippen LogP contribution in [0, 0.1) is 23.2 Å². The van der Waals surface area contributed by atoms with Gasteiger partial charge in [0.15, 0.2) is 0 Å². The first-order chi connectivity index (χ1) is 9.22. The van der Waals surface area contributed by atoms with Gasteiger partial charge in [0.05, 0.1) is 0 Å². The van der Waals surface area contributed by atoms with E-state index in [4.69, 9.17) is 4.74 Å². The minimum atomic E-state index is 0.710. The second-order valence-electron chi connectivity index (χ2n) is 8.18. The Kier molecular flexibility index (Phi) is 3.15. The third kappa shape index (κ3) is 2.35. The van der Waals surface area contributed by atoms with Crippen LogP contribution < -0.4 is 0 Å². The van der Waals surface area contributed by atoms with Crippen LogP contribution in [-0.2, 0) is 4.74 Å². The number of hydrogen-bond donors (Lipinski definition) is 0. The SMILES string of the molecule is CN(CC12CC3CC(CC(C3)C1)C2)C1CCOCC1. The number of hydrogen-bond acceptors (Lipinski definition) is 2. The van der Waals surface area contributed by atoms with E-state index in [0.29, 0.717) is 5.41 Å². The molecule has 0 unspecified atom stereocenters. The standard InChI is InChI=1S/C17H29NO/c1-18(16-2-4-19-5-3-16)12-17-9-13-6-14(10-17)8-15(7-13)11-17/h13-16H,2-12H2,1H3. The summed E-state index contributed by atoms with van der Waals surface area (Å²) in [6, 6.07) is 0.793. The Morgan fingerprint density at radius 2 is 1.47 bits per heavy atom. The van der Waals surface area contributed by atoms with Gasteiger partial charge in [-0.05, 0) is 81.6 Å². The van der Waals surface area contributed by atoms with Crippen molar-refractivity contribution in [2.45, 2.75) is 57.4 Å². The molecule has 0 aromatic carbocycles. The van der Waals surface area contributed by atoms with Gasteiger partial charge in [-0.1, -0.05) is 0 Å². The zero-order valence-electron chi connectivity index (χ0n) is 12.4. The quantitative estimate of drug-likeness (QED) is 0.774. The van der Waals surface area contributed by atoms with Gasteiger partial charge < -0.3 is 9.64 Å². The molecule has 4 saturated carbocycles. The Balaban J connectivity index is 1.44. The summed E-state index contributed by atoms with van der Waals surface area (Å²) in [5, 5.41) is 0. The van der Waals surface area contributed by atoms with Crippen LogP contribution in [0.25, 0.3) is 0 Å². The highest BCUT2D eigenvalue weighted by Crippen LogP contribution is 2.60. The Bertz CT molecular complexity index is 299. The molecule has 0 aromatic heterocycles.